The highest BCUT2D eigenvalue weighted by Crippen LogP contribution is 2.24. The molecule has 1 atom stereocenters. The summed E-state index contributed by atoms with van der Waals surface area (Å²) < 4.78 is 11.4. The molecule has 0 saturated heterocycles. The highest BCUT2D eigenvalue weighted by atomic mass is 16.5. The number of rotatable bonds is 10. The van der Waals surface area contributed by atoms with Crippen molar-refractivity contribution in [3.05, 3.63) is 60.4 Å². The molecule has 0 aliphatic rings. The third-order valence-electron chi connectivity index (χ3n) is 3.92. The molecule has 9 heteroatoms. The molecule has 0 radical (unpaired) electrons. The Kier molecular flexibility index (Phi) is 6.51. The van der Waals surface area contributed by atoms with Crippen LogP contribution in [0.25, 0.3) is 0 Å². The van der Waals surface area contributed by atoms with Gasteiger partial charge in [0.15, 0.2) is 17.7 Å². The molecule has 0 fully saturated rings. The summed E-state index contributed by atoms with van der Waals surface area (Å²) in [6, 6.07) is 16.4. The van der Waals surface area contributed by atoms with Crippen LogP contribution in [0.15, 0.2) is 54.6 Å². The number of Topliss-reactive ketones (excluding diaryl/α,β-unsaturated/α-hetero) is 1. The number of tetrazole rings is 1. The van der Waals surface area contributed by atoms with Crippen molar-refractivity contribution in [1.29, 1.82) is 0 Å². The SMILES string of the molecule is CC(Oc1ccc(Oc2ccccc2)cc1)C(=O)Cn1nnc(CCC(=O)O)n1. The molecule has 3 rings (SSSR count). The molecule has 1 heterocycles. The Morgan fingerprint density at radius 3 is 2.38 bits per heavy atom. The minimum absolute atomic E-state index is 0.0941. The summed E-state index contributed by atoms with van der Waals surface area (Å²) in [6.07, 6.45) is -0.653. The molecular weight excluding hydrogens is 376 g/mol. The molecular formula is C20H20N4O5. The highest BCUT2D eigenvalue weighted by Gasteiger charge is 2.17. The van der Waals surface area contributed by atoms with Crippen LogP contribution in [0.3, 0.4) is 0 Å². The van der Waals surface area contributed by atoms with Gasteiger partial charge in [-0.05, 0) is 48.5 Å². The number of carbonyl (C=O) groups excluding carboxylic acids is 1. The van der Waals surface area contributed by atoms with E-state index in [4.69, 9.17) is 14.6 Å². The summed E-state index contributed by atoms with van der Waals surface area (Å²) in [6.45, 7) is 1.52. The van der Waals surface area contributed by atoms with Crippen molar-refractivity contribution in [2.24, 2.45) is 0 Å². The first-order valence-corrected chi connectivity index (χ1v) is 9.00. The minimum atomic E-state index is -0.945. The monoisotopic (exact) mass is 396 g/mol. The standard InChI is InChI=1S/C20H20N4O5/c1-14(18(25)13-24-22-19(21-23-24)11-12-20(26)27)28-16-7-9-17(10-8-16)29-15-5-3-2-4-6-15/h2-10,14H,11-13H2,1H3,(H,26,27). The zero-order valence-electron chi connectivity index (χ0n) is 15.8. The molecule has 150 valence electrons. The van der Waals surface area contributed by atoms with Crippen molar-refractivity contribution in [3.8, 4) is 17.2 Å². The molecule has 0 aliphatic carbocycles. The first-order chi connectivity index (χ1) is 14.0. The van der Waals surface area contributed by atoms with Crippen molar-refractivity contribution in [3.63, 3.8) is 0 Å². The smallest absolute Gasteiger partial charge is 0.303 e. The molecule has 0 amide bonds. The van der Waals surface area contributed by atoms with Gasteiger partial charge in [0, 0.05) is 6.42 Å². The fourth-order valence-electron chi connectivity index (χ4n) is 2.41. The normalized spacial score (nSPS) is 11.6. The molecule has 0 bridgehead atoms. The van der Waals surface area contributed by atoms with Crippen LogP contribution in [-0.2, 0) is 22.6 Å². The van der Waals surface area contributed by atoms with E-state index in [1.165, 1.54) is 0 Å². The van der Waals surface area contributed by atoms with Crippen LogP contribution in [-0.4, -0.2) is 43.2 Å². The van der Waals surface area contributed by atoms with Crippen LogP contribution in [0, 0.1) is 0 Å². The largest absolute Gasteiger partial charge is 0.483 e. The van der Waals surface area contributed by atoms with E-state index in [0.717, 1.165) is 10.5 Å². The van der Waals surface area contributed by atoms with Gasteiger partial charge in [0.1, 0.15) is 23.8 Å². The van der Waals surface area contributed by atoms with Crippen molar-refractivity contribution >= 4 is 11.8 Å². The Balaban J connectivity index is 1.51. The van der Waals surface area contributed by atoms with Crippen molar-refractivity contribution in [1.82, 2.24) is 20.2 Å². The van der Waals surface area contributed by atoms with Gasteiger partial charge in [0.05, 0.1) is 6.42 Å². The number of para-hydroxylation sites is 1. The van der Waals surface area contributed by atoms with Crippen LogP contribution in [0.5, 0.6) is 17.2 Å². The summed E-state index contributed by atoms with van der Waals surface area (Å²) in [5, 5.41) is 20.2. The van der Waals surface area contributed by atoms with E-state index in [-0.39, 0.29) is 31.0 Å². The number of ether oxygens (including phenoxy) is 2. The summed E-state index contributed by atoms with van der Waals surface area (Å²) in [7, 11) is 0. The lowest BCUT2D eigenvalue weighted by Gasteiger charge is -2.13. The van der Waals surface area contributed by atoms with Gasteiger partial charge in [-0.25, -0.2) is 0 Å². The summed E-state index contributed by atoms with van der Waals surface area (Å²) >= 11 is 0. The van der Waals surface area contributed by atoms with Gasteiger partial charge in [0.2, 0.25) is 0 Å². The molecule has 1 aromatic heterocycles. The molecule has 2 aromatic carbocycles. The van der Waals surface area contributed by atoms with Crippen LogP contribution < -0.4 is 9.47 Å². The Labute approximate surface area is 166 Å². The molecule has 1 N–H and O–H groups in total. The van der Waals surface area contributed by atoms with E-state index in [1.807, 2.05) is 30.3 Å². The van der Waals surface area contributed by atoms with E-state index in [2.05, 4.69) is 15.4 Å². The lowest BCUT2D eigenvalue weighted by Crippen LogP contribution is -2.28. The number of aliphatic carboxylic acids is 1. The predicted octanol–water partition coefficient (Wildman–Crippen LogP) is 2.52. The highest BCUT2D eigenvalue weighted by molar-refractivity contribution is 5.82. The lowest BCUT2D eigenvalue weighted by molar-refractivity contribution is -0.137. The lowest BCUT2D eigenvalue weighted by atomic mass is 10.2. The van der Waals surface area contributed by atoms with E-state index in [1.54, 1.807) is 31.2 Å². The van der Waals surface area contributed by atoms with Crippen LogP contribution >= 0.6 is 0 Å². The average Bonchev–Trinajstić information content (AvgIpc) is 3.16. The Morgan fingerprint density at radius 2 is 1.69 bits per heavy atom. The summed E-state index contributed by atoms with van der Waals surface area (Å²) in [4.78, 5) is 24.0. The number of carbonyl (C=O) groups is 2. The molecule has 0 spiro atoms. The molecule has 0 aliphatic heterocycles. The molecule has 3 aromatic rings. The van der Waals surface area contributed by atoms with Crippen molar-refractivity contribution in [2.45, 2.75) is 32.4 Å². The van der Waals surface area contributed by atoms with Gasteiger partial charge in [-0.3, -0.25) is 9.59 Å². The zero-order chi connectivity index (χ0) is 20.6. The maximum Gasteiger partial charge on any atom is 0.303 e. The van der Waals surface area contributed by atoms with E-state index in [0.29, 0.717) is 11.5 Å². The number of ketones is 1. The fraction of sp³-hybridized carbons (Fsp3) is 0.250. The number of aryl methyl sites for hydroxylation is 1. The van der Waals surface area contributed by atoms with E-state index < -0.39 is 12.1 Å². The maximum absolute atomic E-state index is 12.3. The van der Waals surface area contributed by atoms with Crippen molar-refractivity contribution in [2.75, 3.05) is 0 Å². The Hall–Kier alpha value is -3.75. The van der Waals surface area contributed by atoms with Gasteiger partial charge >= 0.3 is 5.97 Å². The maximum atomic E-state index is 12.3. The summed E-state index contributed by atoms with van der Waals surface area (Å²) in [5.41, 5.74) is 0. The quantitative estimate of drug-likeness (QED) is 0.556. The number of carboxylic acids is 1. The second kappa shape index (κ2) is 9.45. The van der Waals surface area contributed by atoms with E-state index >= 15 is 0 Å². The zero-order valence-corrected chi connectivity index (χ0v) is 15.8. The average molecular weight is 396 g/mol. The second-order valence-electron chi connectivity index (χ2n) is 6.24. The minimum Gasteiger partial charge on any atom is -0.483 e. The first-order valence-electron chi connectivity index (χ1n) is 9.00. The number of nitrogens with zero attached hydrogens (tertiary/aromatic N) is 4. The first kappa shape index (κ1) is 20.0. The van der Waals surface area contributed by atoms with Gasteiger partial charge in [-0.2, -0.15) is 4.80 Å². The molecule has 9 nitrogen and oxygen atoms in total. The van der Waals surface area contributed by atoms with Crippen LogP contribution in [0.2, 0.25) is 0 Å². The Bertz CT molecular complexity index is 957. The second-order valence-corrected chi connectivity index (χ2v) is 6.24. The van der Waals surface area contributed by atoms with Gasteiger partial charge in [-0.1, -0.05) is 18.2 Å². The number of hydrogen-bond donors (Lipinski definition) is 1. The topological polar surface area (TPSA) is 116 Å². The molecule has 0 saturated carbocycles. The molecule has 1 unspecified atom stereocenters. The fourth-order valence-corrected chi connectivity index (χ4v) is 2.41. The van der Waals surface area contributed by atoms with Gasteiger partial charge in [0.25, 0.3) is 0 Å². The Morgan fingerprint density at radius 1 is 1.03 bits per heavy atom. The number of aromatic nitrogens is 4. The molecule has 29 heavy (non-hydrogen) atoms. The third kappa shape index (κ3) is 6.13. The predicted molar refractivity (Wildman–Crippen MR) is 102 cm³/mol. The number of carboxylic acid groups (broad SMARTS) is 1. The van der Waals surface area contributed by atoms with Crippen molar-refractivity contribution < 1.29 is 24.2 Å². The van der Waals surface area contributed by atoms with Crippen LogP contribution in [0.1, 0.15) is 19.2 Å². The van der Waals surface area contributed by atoms with Gasteiger partial charge in [-0.15, -0.1) is 10.2 Å². The van der Waals surface area contributed by atoms with Gasteiger partial charge < -0.3 is 14.6 Å². The van der Waals surface area contributed by atoms with Crippen LogP contribution in [0.4, 0.5) is 0 Å². The number of benzene rings is 2. The number of hydrogen-bond acceptors (Lipinski definition) is 7. The summed E-state index contributed by atoms with van der Waals surface area (Å²) in [5.74, 6) is 1.01. The third-order valence-corrected chi connectivity index (χ3v) is 3.92. The van der Waals surface area contributed by atoms with E-state index in [9.17, 15) is 9.59 Å².